The molecule has 1 heterocycles. The Morgan fingerprint density at radius 1 is 1.24 bits per heavy atom. The summed E-state index contributed by atoms with van der Waals surface area (Å²) in [6.45, 7) is 0. The van der Waals surface area contributed by atoms with Gasteiger partial charge in [-0.1, -0.05) is 31.9 Å². The molecule has 1 aliphatic heterocycles. The first-order valence-corrected chi connectivity index (χ1v) is 8.68. The molecular weight excluding hydrogens is 402 g/mol. The zero-order valence-electron chi connectivity index (χ0n) is 11.0. The van der Waals surface area contributed by atoms with E-state index in [4.69, 9.17) is 4.74 Å². The second kappa shape index (κ2) is 4.81. The summed E-state index contributed by atoms with van der Waals surface area (Å²) < 4.78 is 6.39. The number of rotatable bonds is 2. The Balaban J connectivity index is 1.57. The number of halogens is 2. The molecule has 1 N–H and O–H groups in total. The van der Waals surface area contributed by atoms with Gasteiger partial charge in [-0.2, -0.15) is 0 Å². The van der Waals surface area contributed by atoms with Gasteiger partial charge in [0, 0.05) is 16.1 Å². The molecule has 4 rings (SSSR count). The van der Waals surface area contributed by atoms with Gasteiger partial charge in [0.15, 0.2) is 0 Å². The van der Waals surface area contributed by atoms with Crippen molar-refractivity contribution in [2.45, 2.75) is 17.4 Å². The second-order valence-corrected chi connectivity index (χ2v) is 7.93. The lowest BCUT2D eigenvalue weighted by molar-refractivity contribution is -0.145. The molecule has 1 aromatic carbocycles. The van der Waals surface area contributed by atoms with Crippen LogP contribution in [0.1, 0.15) is 6.42 Å². The Bertz CT molecular complexity index is 618. The van der Waals surface area contributed by atoms with Crippen molar-refractivity contribution in [3.05, 3.63) is 28.7 Å². The number of esters is 1. The maximum absolute atomic E-state index is 12.6. The van der Waals surface area contributed by atoms with E-state index >= 15 is 0 Å². The Morgan fingerprint density at radius 2 is 1.95 bits per heavy atom. The minimum atomic E-state index is -0.283. The summed E-state index contributed by atoms with van der Waals surface area (Å²) >= 11 is 6.98. The molecule has 4 nitrogen and oxygen atoms in total. The fourth-order valence-electron chi connectivity index (χ4n) is 4.09. The monoisotopic (exact) mass is 413 g/mol. The van der Waals surface area contributed by atoms with Crippen molar-refractivity contribution in [3.8, 4) is 0 Å². The minimum Gasteiger partial charge on any atom is -0.461 e. The van der Waals surface area contributed by atoms with E-state index in [1.807, 2.05) is 24.3 Å². The number of hydrogen-bond acceptors (Lipinski definition) is 3. The molecule has 2 aliphatic carbocycles. The molecule has 2 bridgehead atoms. The van der Waals surface area contributed by atoms with Crippen LogP contribution in [0.5, 0.6) is 0 Å². The molecule has 0 unspecified atom stereocenters. The lowest BCUT2D eigenvalue weighted by Crippen LogP contribution is -2.40. The molecule has 1 saturated heterocycles. The van der Waals surface area contributed by atoms with E-state index in [0.717, 1.165) is 16.6 Å². The standard InChI is InChI=1S/C15H13Br2NO3/c16-6-1-3-7(4-2-6)18-14(19)10-8-5-9-11(10)15(20)21-13(9)12(8)17/h1-4,8-13H,5H2,(H,18,19)/t8-,9-,10-,11-,12+,13+/m1/s1. The van der Waals surface area contributed by atoms with Crippen molar-refractivity contribution < 1.29 is 14.3 Å². The van der Waals surface area contributed by atoms with Gasteiger partial charge >= 0.3 is 5.97 Å². The van der Waals surface area contributed by atoms with Gasteiger partial charge < -0.3 is 10.1 Å². The number of carbonyl (C=O) groups excluding carboxylic acids is 2. The zero-order chi connectivity index (χ0) is 14.7. The van der Waals surface area contributed by atoms with Crippen LogP contribution in [0, 0.1) is 23.7 Å². The van der Waals surface area contributed by atoms with Crippen molar-refractivity contribution in [3.63, 3.8) is 0 Å². The number of ether oxygens (including phenoxy) is 1. The second-order valence-electron chi connectivity index (χ2n) is 5.96. The number of nitrogens with one attached hydrogen (secondary N) is 1. The molecule has 110 valence electrons. The van der Waals surface area contributed by atoms with Crippen LogP contribution >= 0.6 is 31.9 Å². The summed E-state index contributed by atoms with van der Waals surface area (Å²) in [6.07, 6.45) is 0.860. The van der Waals surface area contributed by atoms with E-state index in [9.17, 15) is 9.59 Å². The molecule has 3 fully saturated rings. The van der Waals surface area contributed by atoms with E-state index in [2.05, 4.69) is 37.2 Å². The Morgan fingerprint density at radius 3 is 2.67 bits per heavy atom. The van der Waals surface area contributed by atoms with Gasteiger partial charge in [0.2, 0.25) is 5.91 Å². The highest BCUT2D eigenvalue weighted by atomic mass is 79.9. The van der Waals surface area contributed by atoms with Crippen molar-refractivity contribution >= 4 is 49.4 Å². The molecule has 6 heteroatoms. The van der Waals surface area contributed by atoms with Crippen molar-refractivity contribution in [1.29, 1.82) is 0 Å². The van der Waals surface area contributed by atoms with Gasteiger partial charge in [-0.3, -0.25) is 9.59 Å². The van der Waals surface area contributed by atoms with Crippen LogP contribution in [0.25, 0.3) is 0 Å². The average molecular weight is 415 g/mol. The maximum Gasteiger partial charge on any atom is 0.310 e. The highest BCUT2D eigenvalue weighted by molar-refractivity contribution is 9.10. The molecule has 3 aliphatic rings. The van der Waals surface area contributed by atoms with Gasteiger partial charge in [0.1, 0.15) is 6.10 Å². The van der Waals surface area contributed by atoms with E-state index in [0.29, 0.717) is 0 Å². The van der Waals surface area contributed by atoms with Crippen LogP contribution < -0.4 is 5.32 Å². The van der Waals surface area contributed by atoms with Crippen LogP contribution in [0.2, 0.25) is 0 Å². The van der Waals surface area contributed by atoms with Gasteiger partial charge in [-0.15, -0.1) is 0 Å². The molecule has 1 aromatic rings. The summed E-state index contributed by atoms with van der Waals surface area (Å²) in [5.74, 6) is -0.431. The fourth-order valence-corrected chi connectivity index (χ4v) is 5.40. The van der Waals surface area contributed by atoms with Crippen LogP contribution in [0.3, 0.4) is 0 Å². The topological polar surface area (TPSA) is 55.4 Å². The predicted octanol–water partition coefficient (Wildman–Crippen LogP) is 2.96. The Labute approximate surface area is 138 Å². The normalized spacial score (nSPS) is 39.4. The summed E-state index contributed by atoms with van der Waals surface area (Å²) in [5.41, 5.74) is 0.750. The smallest absolute Gasteiger partial charge is 0.310 e. The van der Waals surface area contributed by atoms with Gasteiger partial charge in [-0.05, 0) is 36.6 Å². The number of amides is 1. The third kappa shape index (κ3) is 1.99. The van der Waals surface area contributed by atoms with Crippen molar-refractivity contribution in [2.75, 3.05) is 5.32 Å². The van der Waals surface area contributed by atoms with Crippen LogP contribution in [-0.4, -0.2) is 22.8 Å². The molecule has 0 radical (unpaired) electrons. The van der Waals surface area contributed by atoms with Crippen molar-refractivity contribution in [2.24, 2.45) is 23.7 Å². The van der Waals surface area contributed by atoms with Gasteiger partial charge in [0.25, 0.3) is 0 Å². The molecule has 6 atom stereocenters. The SMILES string of the molecule is O=C(Nc1ccc(Br)cc1)[C@@H]1[C@H]2C[C@H]3[C@H](OC(=O)[C@H]31)[C@H]2Br. The Kier molecular flexibility index (Phi) is 3.15. The zero-order valence-corrected chi connectivity index (χ0v) is 14.1. The van der Waals surface area contributed by atoms with Crippen LogP contribution in [-0.2, 0) is 14.3 Å². The van der Waals surface area contributed by atoms with E-state index in [1.54, 1.807) is 0 Å². The largest absolute Gasteiger partial charge is 0.461 e. The number of benzene rings is 1. The van der Waals surface area contributed by atoms with E-state index in [-0.39, 0.29) is 46.5 Å². The average Bonchev–Trinajstić information content (AvgIpc) is 3.05. The summed E-state index contributed by atoms with van der Waals surface area (Å²) in [6, 6.07) is 7.44. The number of fused-ring (bicyclic) bond motifs is 1. The van der Waals surface area contributed by atoms with E-state index in [1.165, 1.54) is 0 Å². The summed E-state index contributed by atoms with van der Waals surface area (Å²) in [4.78, 5) is 24.7. The summed E-state index contributed by atoms with van der Waals surface area (Å²) in [7, 11) is 0. The first-order chi connectivity index (χ1) is 10.1. The predicted molar refractivity (Wildman–Crippen MR) is 83.9 cm³/mol. The molecule has 1 amide bonds. The van der Waals surface area contributed by atoms with Gasteiger partial charge in [-0.25, -0.2) is 0 Å². The molecular formula is C15H13Br2NO3. The first-order valence-electron chi connectivity index (χ1n) is 6.97. The molecule has 2 saturated carbocycles. The number of anilines is 1. The minimum absolute atomic E-state index is 0.0377. The highest BCUT2D eigenvalue weighted by Gasteiger charge is 2.67. The van der Waals surface area contributed by atoms with Crippen molar-refractivity contribution in [1.82, 2.24) is 0 Å². The Hall–Kier alpha value is -0.880. The van der Waals surface area contributed by atoms with Crippen LogP contribution in [0.15, 0.2) is 28.7 Å². The molecule has 0 spiro atoms. The first kappa shape index (κ1) is 13.8. The number of hydrogen-bond donors (Lipinski definition) is 1. The number of carbonyl (C=O) groups is 2. The van der Waals surface area contributed by atoms with E-state index < -0.39 is 0 Å². The molecule has 0 aromatic heterocycles. The molecule has 21 heavy (non-hydrogen) atoms. The lowest BCUT2D eigenvalue weighted by atomic mass is 9.79. The van der Waals surface area contributed by atoms with Gasteiger partial charge in [0.05, 0.1) is 16.7 Å². The summed E-state index contributed by atoms with van der Waals surface area (Å²) in [5, 5.41) is 2.93. The number of alkyl halides is 1. The third-order valence-corrected chi connectivity index (χ3v) is 6.67. The third-order valence-electron chi connectivity index (χ3n) is 4.94. The highest BCUT2D eigenvalue weighted by Crippen LogP contribution is 2.60. The quantitative estimate of drug-likeness (QED) is 0.597. The maximum atomic E-state index is 12.6. The lowest BCUT2D eigenvalue weighted by Gasteiger charge is -2.27. The fraction of sp³-hybridized carbons (Fsp3) is 0.467. The van der Waals surface area contributed by atoms with Crippen LogP contribution in [0.4, 0.5) is 5.69 Å².